The Hall–Kier alpha value is -1.31. The molecule has 0 aliphatic rings. The molecule has 1 aromatic carbocycles. The number of rotatable bonds is 4. The Bertz CT molecular complexity index is 279. The molecule has 70 valence electrons. The van der Waals surface area contributed by atoms with Crippen LogP contribution in [0.1, 0.15) is 20.3 Å². The first-order chi connectivity index (χ1) is 6.38. The fourth-order valence-electron chi connectivity index (χ4n) is 1.12. The van der Waals surface area contributed by atoms with Crippen LogP contribution in [0, 0.1) is 0 Å². The molecule has 0 aliphatic heterocycles. The highest BCUT2D eigenvalue weighted by Crippen LogP contribution is 2.23. The van der Waals surface area contributed by atoms with Crippen LogP contribution < -0.4 is 5.32 Å². The van der Waals surface area contributed by atoms with Gasteiger partial charge in [-0.2, -0.15) is 0 Å². The molecule has 13 heavy (non-hydrogen) atoms. The van der Waals surface area contributed by atoms with Gasteiger partial charge < -0.3 is 5.32 Å². The van der Waals surface area contributed by atoms with Crippen molar-refractivity contribution in [3.8, 4) is 0 Å². The van der Waals surface area contributed by atoms with Gasteiger partial charge in [0.05, 0.1) is 11.4 Å². The summed E-state index contributed by atoms with van der Waals surface area (Å²) in [5, 5.41) is 3.27. The standard InChI is InChI=1S/C11H16N2/c1-3-9-13-11-8-6-5-7-10(11)12-4-2/h5-9,12H,3-4H2,1-2H3. The second-order valence-electron chi connectivity index (χ2n) is 2.77. The predicted octanol–water partition coefficient (Wildman–Crippen LogP) is 3.23. The Labute approximate surface area is 79.7 Å². The minimum atomic E-state index is 0.929. The molecule has 0 unspecified atom stereocenters. The zero-order chi connectivity index (χ0) is 9.52. The third kappa shape index (κ3) is 2.90. The summed E-state index contributed by atoms with van der Waals surface area (Å²) in [6.45, 7) is 5.10. The van der Waals surface area contributed by atoms with E-state index >= 15 is 0 Å². The molecule has 0 heterocycles. The highest BCUT2D eigenvalue weighted by atomic mass is 14.9. The topological polar surface area (TPSA) is 24.4 Å². The second kappa shape index (κ2) is 5.36. The van der Waals surface area contributed by atoms with E-state index in [1.54, 1.807) is 0 Å². The van der Waals surface area contributed by atoms with Crippen LogP contribution in [0.5, 0.6) is 0 Å². The van der Waals surface area contributed by atoms with Crippen molar-refractivity contribution in [2.45, 2.75) is 20.3 Å². The number of aliphatic imine (C=N–C) groups is 1. The molecule has 0 radical (unpaired) electrons. The number of para-hydroxylation sites is 2. The minimum absolute atomic E-state index is 0.929. The van der Waals surface area contributed by atoms with Crippen LogP contribution in [0.15, 0.2) is 29.3 Å². The molecule has 0 aromatic heterocycles. The zero-order valence-electron chi connectivity index (χ0n) is 8.25. The zero-order valence-corrected chi connectivity index (χ0v) is 8.25. The first-order valence-corrected chi connectivity index (χ1v) is 4.74. The fourth-order valence-corrected chi connectivity index (χ4v) is 1.12. The number of benzene rings is 1. The first-order valence-electron chi connectivity index (χ1n) is 4.74. The molecule has 0 amide bonds. The number of anilines is 1. The highest BCUT2D eigenvalue weighted by Gasteiger charge is 1.95. The van der Waals surface area contributed by atoms with Gasteiger partial charge in [0.25, 0.3) is 0 Å². The maximum Gasteiger partial charge on any atom is 0.0857 e. The van der Waals surface area contributed by atoms with E-state index in [0.29, 0.717) is 0 Å². The summed E-state index contributed by atoms with van der Waals surface area (Å²) in [6, 6.07) is 8.09. The quantitative estimate of drug-likeness (QED) is 0.700. The summed E-state index contributed by atoms with van der Waals surface area (Å²) < 4.78 is 0. The van der Waals surface area contributed by atoms with Gasteiger partial charge in [0.15, 0.2) is 0 Å². The molecule has 2 heteroatoms. The molecule has 0 atom stereocenters. The number of hydrogen-bond acceptors (Lipinski definition) is 2. The third-order valence-electron chi connectivity index (χ3n) is 1.68. The van der Waals surface area contributed by atoms with Gasteiger partial charge in [0.1, 0.15) is 0 Å². The summed E-state index contributed by atoms with van der Waals surface area (Å²) >= 11 is 0. The van der Waals surface area contributed by atoms with Gasteiger partial charge in [-0.15, -0.1) is 0 Å². The Morgan fingerprint density at radius 1 is 1.31 bits per heavy atom. The van der Waals surface area contributed by atoms with E-state index in [1.165, 1.54) is 0 Å². The minimum Gasteiger partial charge on any atom is -0.384 e. The van der Waals surface area contributed by atoms with Crippen molar-refractivity contribution >= 4 is 17.6 Å². The summed E-state index contributed by atoms with van der Waals surface area (Å²) in [7, 11) is 0. The second-order valence-corrected chi connectivity index (χ2v) is 2.77. The number of nitrogens with one attached hydrogen (secondary N) is 1. The molecule has 0 aliphatic carbocycles. The van der Waals surface area contributed by atoms with E-state index in [4.69, 9.17) is 0 Å². The summed E-state index contributed by atoms with van der Waals surface area (Å²) in [5.41, 5.74) is 2.13. The van der Waals surface area contributed by atoms with Crippen LogP contribution in [-0.4, -0.2) is 12.8 Å². The van der Waals surface area contributed by atoms with Gasteiger partial charge >= 0.3 is 0 Å². The van der Waals surface area contributed by atoms with Crippen LogP contribution >= 0.6 is 0 Å². The van der Waals surface area contributed by atoms with Crippen molar-refractivity contribution in [1.29, 1.82) is 0 Å². The van der Waals surface area contributed by atoms with Crippen LogP contribution in [-0.2, 0) is 0 Å². The van der Waals surface area contributed by atoms with Gasteiger partial charge in [-0.25, -0.2) is 0 Å². The van der Waals surface area contributed by atoms with Crippen molar-refractivity contribution in [2.75, 3.05) is 11.9 Å². The van der Waals surface area contributed by atoms with Crippen molar-refractivity contribution < 1.29 is 0 Å². The molecule has 0 saturated carbocycles. The lowest BCUT2D eigenvalue weighted by Gasteiger charge is -2.05. The number of hydrogen-bond donors (Lipinski definition) is 1. The average Bonchev–Trinajstić information content (AvgIpc) is 2.17. The SMILES string of the molecule is CCC=Nc1ccccc1NCC. The molecular formula is C11H16N2. The average molecular weight is 176 g/mol. The maximum atomic E-state index is 4.36. The monoisotopic (exact) mass is 176 g/mol. The van der Waals surface area contributed by atoms with E-state index in [-0.39, 0.29) is 0 Å². The molecule has 0 bridgehead atoms. The van der Waals surface area contributed by atoms with Crippen LogP contribution in [0.3, 0.4) is 0 Å². The van der Waals surface area contributed by atoms with E-state index in [0.717, 1.165) is 24.3 Å². The van der Waals surface area contributed by atoms with Crippen molar-refractivity contribution in [3.63, 3.8) is 0 Å². The van der Waals surface area contributed by atoms with Crippen LogP contribution in [0.25, 0.3) is 0 Å². The molecule has 0 saturated heterocycles. The molecule has 0 spiro atoms. The third-order valence-corrected chi connectivity index (χ3v) is 1.68. The van der Waals surface area contributed by atoms with Gasteiger partial charge in [0, 0.05) is 12.8 Å². The molecule has 0 fully saturated rings. The smallest absolute Gasteiger partial charge is 0.0857 e. The molecule has 1 rings (SSSR count). The number of nitrogens with zero attached hydrogens (tertiary/aromatic N) is 1. The largest absolute Gasteiger partial charge is 0.384 e. The fraction of sp³-hybridized carbons (Fsp3) is 0.364. The van der Waals surface area contributed by atoms with Crippen molar-refractivity contribution in [2.24, 2.45) is 4.99 Å². The Balaban J connectivity index is 2.84. The molecular weight excluding hydrogens is 160 g/mol. The van der Waals surface area contributed by atoms with E-state index in [2.05, 4.69) is 24.2 Å². The Kier molecular flexibility index (Phi) is 4.03. The molecule has 1 aromatic rings. The van der Waals surface area contributed by atoms with Gasteiger partial charge in [0.2, 0.25) is 0 Å². The van der Waals surface area contributed by atoms with Gasteiger partial charge in [-0.1, -0.05) is 19.1 Å². The summed E-state index contributed by atoms with van der Waals surface area (Å²) in [4.78, 5) is 4.36. The maximum absolute atomic E-state index is 4.36. The van der Waals surface area contributed by atoms with E-state index < -0.39 is 0 Å². The van der Waals surface area contributed by atoms with Crippen LogP contribution in [0.4, 0.5) is 11.4 Å². The normalized spacial score (nSPS) is 10.6. The summed E-state index contributed by atoms with van der Waals surface area (Å²) in [6.07, 6.45) is 2.90. The Morgan fingerprint density at radius 3 is 2.77 bits per heavy atom. The van der Waals surface area contributed by atoms with Crippen molar-refractivity contribution in [3.05, 3.63) is 24.3 Å². The van der Waals surface area contributed by atoms with Gasteiger partial charge in [-0.05, 0) is 25.5 Å². The van der Waals surface area contributed by atoms with E-state index in [1.807, 2.05) is 30.5 Å². The van der Waals surface area contributed by atoms with Gasteiger partial charge in [-0.3, -0.25) is 4.99 Å². The molecule has 2 nitrogen and oxygen atoms in total. The first kappa shape index (κ1) is 9.78. The van der Waals surface area contributed by atoms with Crippen molar-refractivity contribution in [1.82, 2.24) is 0 Å². The lowest BCUT2D eigenvalue weighted by atomic mass is 10.2. The van der Waals surface area contributed by atoms with E-state index in [9.17, 15) is 0 Å². The lowest BCUT2D eigenvalue weighted by Crippen LogP contribution is -1.95. The lowest BCUT2D eigenvalue weighted by molar-refractivity contribution is 1.21. The highest BCUT2D eigenvalue weighted by molar-refractivity contribution is 5.72. The predicted molar refractivity (Wildman–Crippen MR) is 59.0 cm³/mol. The molecule has 1 N–H and O–H groups in total. The van der Waals surface area contributed by atoms with Crippen LogP contribution in [0.2, 0.25) is 0 Å². The summed E-state index contributed by atoms with van der Waals surface area (Å²) in [5.74, 6) is 0. The Morgan fingerprint density at radius 2 is 2.08 bits per heavy atom.